The number of benzene rings is 2. The van der Waals surface area contributed by atoms with E-state index in [1.807, 2.05) is 0 Å². The summed E-state index contributed by atoms with van der Waals surface area (Å²) in [6.45, 7) is 8.54. The molecule has 5 nitrogen and oxygen atoms in total. The maximum Gasteiger partial charge on any atom is 0.230 e. The zero-order valence-electron chi connectivity index (χ0n) is 13.2. The SMILES string of the molecule is [C-]#[N+]c1ccc2oc(=Nc3ccc(OC)cc3)c(C(C)=O)cc2c1. The summed E-state index contributed by atoms with van der Waals surface area (Å²) in [5.74, 6) is 0.573. The van der Waals surface area contributed by atoms with Gasteiger partial charge in [-0.25, -0.2) is 9.84 Å². The van der Waals surface area contributed by atoms with Gasteiger partial charge >= 0.3 is 0 Å². The predicted octanol–water partition coefficient (Wildman–Crippen LogP) is 4.43. The average Bonchev–Trinajstić information content (AvgIpc) is 2.61. The largest absolute Gasteiger partial charge is 0.497 e. The molecule has 2 aromatic carbocycles. The van der Waals surface area contributed by atoms with Crippen LogP contribution in [0.1, 0.15) is 17.3 Å². The first-order valence-electron chi connectivity index (χ1n) is 7.26. The summed E-state index contributed by atoms with van der Waals surface area (Å²) >= 11 is 0. The maximum absolute atomic E-state index is 12.0. The maximum atomic E-state index is 12.0. The second-order valence-electron chi connectivity index (χ2n) is 5.17. The van der Waals surface area contributed by atoms with Crippen LogP contribution in [0.25, 0.3) is 15.8 Å². The average molecular weight is 318 g/mol. The van der Waals surface area contributed by atoms with Gasteiger partial charge in [0.25, 0.3) is 0 Å². The molecule has 0 aliphatic carbocycles. The molecule has 0 bridgehead atoms. The van der Waals surface area contributed by atoms with Gasteiger partial charge in [0.05, 0.1) is 24.9 Å². The van der Waals surface area contributed by atoms with Gasteiger partial charge in [-0.15, -0.1) is 0 Å². The smallest absolute Gasteiger partial charge is 0.230 e. The normalized spacial score (nSPS) is 11.3. The molecule has 0 aliphatic rings. The first-order valence-corrected chi connectivity index (χ1v) is 7.26. The minimum atomic E-state index is -0.152. The van der Waals surface area contributed by atoms with E-state index in [0.29, 0.717) is 27.9 Å². The van der Waals surface area contributed by atoms with E-state index in [9.17, 15) is 4.79 Å². The highest BCUT2D eigenvalue weighted by molar-refractivity contribution is 5.96. The lowest BCUT2D eigenvalue weighted by Crippen LogP contribution is -2.12. The number of carbonyl (C=O) groups excluding carboxylic acids is 1. The van der Waals surface area contributed by atoms with Crippen LogP contribution in [0.3, 0.4) is 0 Å². The fourth-order valence-electron chi connectivity index (χ4n) is 2.30. The van der Waals surface area contributed by atoms with Crippen molar-refractivity contribution >= 4 is 28.1 Å². The first-order chi connectivity index (χ1) is 11.6. The molecule has 24 heavy (non-hydrogen) atoms. The molecule has 1 aromatic heterocycles. The van der Waals surface area contributed by atoms with Crippen LogP contribution >= 0.6 is 0 Å². The Morgan fingerprint density at radius 2 is 1.92 bits per heavy atom. The number of ketones is 1. The molecular formula is C19H14N2O3. The van der Waals surface area contributed by atoms with Crippen LogP contribution in [-0.2, 0) is 0 Å². The minimum Gasteiger partial charge on any atom is -0.497 e. The number of nitrogens with zero attached hydrogens (tertiary/aromatic N) is 2. The van der Waals surface area contributed by atoms with Crippen LogP contribution in [0.2, 0.25) is 0 Å². The number of carbonyl (C=O) groups is 1. The van der Waals surface area contributed by atoms with Crippen LogP contribution in [0.5, 0.6) is 5.75 Å². The standard InChI is InChI=1S/C19H14N2O3/c1-12(22)17-11-13-10-15(20-2)6-9-18(13)24-19(17)21-14-4-7-16(23-3)8-5-14/h4-11H,1,3H3. The van der Waals surface area contributed by atoms with E-state index in [2.05, 4.69) is 9.84 Å². The van der Waals surface area contributed by atoms with Gasteiger partial charge in [-0.1, -0.05) is 6.07 Å². The Hall–Kier alpha value is -3.39. The number of fused-ring (bicyclic) bond motifs is 1. The van der Waals surface area contributed by atoms with Gasteiger partial charge in [0, 0.05) is 5.39 Å². The van der Waals surface area contributed by atoms with Crippen LogP contribution in [0.15, 0.2) is 57.9 Å². The van der Waals surface area contributed by atoms with Gasteiger partial charge in [-0.05, 0) is 49.4 Å². The highest BCUT2D eigenvalue weighted by Gasteiger charge is 2.09. The number of Topliss-reactive ketones (excluding diaryl/α,β-unsaturated/α-hetero) is 1. The molecule has 118 valence electrons. The van der Waals surface area contributed by atoms with Crippen molar-refractivity contribution in [2.45, 2.75) is 6.92 Å². The molecule has 3 aromatic rings. The molecule has 3 rings (SSSR count). The van der Waals surface area contributed by atoms with Gasteiger partial charge < -0.3 is 9.15 Å². The highest BCUT2D eigenvalue weighted by atomic mass is 16.5. The molecule has 0 N–H and O–H groups in total. The first kappa shape index (κ1) is 15.5. The summed E-state index contributed by atoms with van der Waals surface area (Å²) in [6, 6.07) is 13.9. The zero-order chi connectivity index (χ0) is 17.1. The van der Waals surface area contributed by atoms with E-state index in [-0.39, 0.29) is 11.3 Å². The molecule has 1 heterocycles. The topological polar surface area (TPSA) is 56.2 Å². The number of methoxy groups -OCH3 is 1. The summed E-state index contributed by atoms with van der Waals surface area (Å²) in [5, 5.41) is 0.697. The lowest BCUT2D eigenvalue weighted by atomic mass is 10.1. The van der Waals surface area contributed by atoms with E-state index >= 15 is 0 Å². The van der Waals surface area contributed by atoms with Crippen molar-refractivity contribution in [1.82, 2.24) is 0 Å². The quantitative estimate of drug-likeness (QED) is 0.530. The van der Waals surface area contributed by atoms with Gasteiger partial charge in [-0.3, -0.25) is 4.79 Å². The summed E-state index contributed by atoms with van der Waals surface area (Å²) < 4.78 is 10.9. The molecule has 0 saturated carbocycles. The van der Waals surface area contributed by atoms with E-state index in [0.717, 1.165) is 5.75 Å². The number of ether oxygens (including phenoxy) is 1. The monoisotopic (exact) mass is 318 g/mol. The van der Waals surface area contributed by atoms with E-state index in [4.69, 9.17) is 15.7 Å². The Labute approximate surface area is 138 Å². The summed E-state index contributed by atoms with van der Waals surface area (Å²) in [5.41, 5.74) is 2.34. The number of hydrogen-bond acceptors (Lipinski definition) is 4. The summed E-state index contributed by atoms with van der Waals surface area (Å²) in [7, 11) is 1.59. The second-order valence-corrected chi connectivity index (χ2v) is 5.17. The van der Waals surface area contributed by atoms with Crippen molar-refractivity contribution in [3.63, 3.8) is 0 Å². The van der Waals surface area contributed by atoms with E-state index in [1.165, 1.54) is 6.92 Å². The lowest BCUT2D eigenvalue weighted by Gasteiger charge is -2.03. The second kappa shape index (κ2) is 6.39. The molecule has 0 atom stereocenters. The van der Waals surface area contributed by atoms with Gasteiger partial charge in [0.2, 0.25) is 5.55 Å². The molecule has 5 heteroatoms. The Morgan fingerprint density at radius 1 is 1.17 bits per heavy atom. The number of rotatable bonds is 3. The molecular weight excluding hydrogens is 304 g/mol. The summed E-state index contributed by atoms with van der Waals surface area (Å²) in [6.07, 6.45) is 0. The van der Waals surface area contributed by atoms with Crippen LogP contribution in [-0.4, -0.2) is 12.9 Å². The Balaban J connectivity index is 2.21. The van der Waals surface area contributed by atoms with Crippen LogP contribution < -0.4 is 10.3 Å². The van der Waals surface area contributed by atoms with Crippen molar-refractivity contribution in [3.05, 3.63) is 71.1 Å². The molecule has 0 spiro atoms. The van der Waals surface area contributed by atoms with Crippen molar-refractivity contribution in [2.75, 3.05) is 7.11 Å². The molecule has 0 saturated heterocycles. The lowest BCUT2D eigenvalue weighted by molar-refractivity contribution is 0.101. The van der Waals surface area contributed by atoms with E-state index < -0.39 is 0 Å². The number of hydrogen-bond donors (Lipinski definition) is 0. The van der Waals surface area contributed by atoms with Crippen molar-refractivity contribution in [3.8, 4) is 5.75 Å². The Morgan fingerprint density at radius 3 is 2.54 bits per heavy atom. The third-order valence-corrected chi connectivity index (χ3v) is 3.54. The zero-order valence-corrected chi connectivity index (χ0v) is 13.2. The fraction of sp³-hybridized carbons (Fsp3) is 0.105. The third-order valence-electron chi connectivity index (χ3n) is 3.54. The predicted molar refractivity (Wildman–Crippen MR) is 90.7 cm³/mol. The van der Waals surface area contributed by atoms with Gasteiger partial charge in [0.15, 0.2) is 11.5 Å². The molecule has 0 radical (unpaired) electrons. The fourth-order valence-corrected chi connectivity index (χ4v) is 2.30. The Bertz CT molecular complexity index is 1030. The highest BCUT2D eigenvalue weighted by Crippen LogP contribution is 2.22. The molecule has 0 fully saturated rings. The summed E-state index contributed by atoms with van der Waals surface area (Å²) in [4.78, 5) is 19.8. The van der Waals surface area contributed by atoms with Crippen molar-refractivity contribution < 1.29 is 13.9 Å². The molecule has 0 amide bonds. The van der Waals surface area contributed by atoms with Gasteiger partial charge in [0.1, 0.15) is 11.3 Å². The minimum absolute atomic E-state index is 0.152. The molecule has 0 unspecified atom stereocenters. The molecule has 0 aliphatic heterocycles. The van der Waals surface area contributed by atoms with Crippen LogP contribution in [0, 0.1) is 6.57 Å². The van der Waals surface area contributed by atoms with Gasteiger partial charge in [-0.2, -0.15) is 0 Å². The third kappa shape index (κ3) is 3.03. The van der Waals surface area contributed by atoms with Crippen molar-refractivity contribution in [2.24, 2.45) is 4.99 Å². The van der Waals surface area contributed by atoms with Crippen LogP contribution in [0.4, 0.5) is 11.4 Å². The van der Waals surface area contributed by atoms with E-state index in [1.54, 1.807) is 55.6 Å². The van der Waals surface area contributed by atoms with Crippen molar-refractivity contribution in [1.29, 1.82) is 0 Å². The Kier molecular flexibility index (Phi) is 4.13.